The van der Waals surface area contributed by atoms with Crippen LogP contribution in [0.25, 0.3) is 0 Å². The Morgan fingerprint density at radius 2 is 2.21 bits per heavy atom. The minimum Gasteiger partial charge on any atom is -0.375 e. The van der Waals surface area contributed by atoms with Gasteiger partial charge in [-0.25, -0.2) is 4.98 Å². The maximum atomic E-state index is 12.7. The summed E-state index contributed by atoms with van der Waals surface area (Å²) in [5, 5.41) is 2.54. The molecule has 6 heteroatoms. The molecular formula is C18H30N4OS. The number of rotatable bonds is 6. The van der Waals surface area contributed by atoms with E-state index in [0.717, 1.165) is 37.7 Å². The van der Waals surface area contributed by atoms with E-state index < -0.39 is 0 Å². The van der Waals surface area contributed by atoms with E-state index in [1.807, 2.05) is 5.38 Å². The Bertz CT molecular complexity index is 555. The molecule has 0 aromatic carbocycles. The van der Waals surface area contributed by atoms with Gasteiger partial charge in [-0.1, -0.05) is 13.8 Å². The van der Waals surface area contributed by atoms with Crippen molar-refractivity contribution in [1.29, 1.82) is 0 Å². The van der Waals surface area contributed by atoms with Crippen LogP contribution in [-0.2, 0) is 11.2 Å². The molecular weight excluding hydrogens is 320 g/mol. The van der Waals surface area contributed by atoms with Crippen LogP contribution in [0.15, 0.2) is 5.38 Å². The van der Waals surface area contributed by atoms with E-state index in [2.05, 4.69) is 28.6 Å². The predicted molar refractivity (Wildman–Crippen MR) is 99.0 cm³/mol. The zero-order valence-corrected chi connectivity index (χ0v) is 15.7. The predicted octanol–water partition coefficient (Wildman–Crippen LogP) is 2.63. The number of hydrogen-bond acceptors (Lipinski definition) is 5. The smallest absolute Gasteiger partial charge is 0.223 e. The van der Waals surface area contributed by atoms with Crippen LogP contribution < -0.4 is 5.73 Å². The van der Waals surface area contributed by atoms with Crippen molar-refractivity contribution in [3.05, 3.63) is 11.1 Å². The van der Waals surface area contributed by atoms with Crippen LogP contribution in [0.1, 0.15) is 45.2 Å². The summed E-state index contributed by atoms with van der Waals surface area (Å²) in [6.45, 7) is 8.70. The zero-order valence-electron chi connectivity index (χ0n) is 14.9. The maximum absolute atomic E-state index is 12.7. The molecule has 0 radical (unpaired) electrons. The van der Waals surface area contributed by atoms with Crippen LogP contribution in [0.4, 0.5) is 5.13 Å². The Labute approximate surface area is 149 Å². The van der Waals surface area contributed by atoms with Crippen LogP contribution in [-0.4, -0.2) is 52.9 Å². The zero-order chi connectivity index (χ0) is 17.1. The monoisotopic (exact) mass is 350 g/mol. The molecule has 1 aliphatic carbocycles. The number of aryl methyl sites for hydroxylation is 1. The number of thiazole rings is 1. The van der Waals surface area contributed by atoms with E-state index in [4.69, 9.17) is 5.73 Å². The molecule has 2 heterocycles. The first-order valence-corrected chi connectivity index (χ1v) is 10.1. The van der Waals surface area contributed by atoms with E-state index in [1.165, 1.54) is 30.7 Å². The highest BCUT2D eigenvalue weighted by Gasteiger charge is 2.33. The van der Waals surface area contributed by atoms with Crippen molar-refractivity contribution >= 4 is 22.4 Å². The minimum absolute atomic E-state index is 0.264. The quantitative estimate of drug-likeness (QED) is 0.857. The number of carbonyl (C=O) groups is 1. The first-order chi connectivity index (χ1) is 11.5. The topological polar surface area (TPSA) is 62.5 Å². The molecule has 0 unspecified atom stereocenters. The third-order valence-electron chi connectivity index (χ3n) is 5.23. The third-order valence-corrected chi connectivity index (χ3v) is 5.95. The van der Waals surface area contributed by atoms with Gasteiger partial charge in [0.15, 0.2) is 5.13 Å². The van der Waals surface area contributed by atoms with Gasteiger partial charge < -0.3 is 10.6 Å². The molecule has 0 spiro atoms. The average molecular weight is 351 g/mol. The molecule has 3 rings (SSSR count). The number of nitrogens with two attached hydrogens (primary N) is 1. The van der Waals surface area contributed by atoms with Crippen molar-refractivity contribution in [3.8, 4) is 0 Å². The van der Waals surface area contributed by atoms with Crippen molar-refractivity contribution in [2.75, 3.05) is 31.9 Å². The van der Waals surface area contributed by atoms with E-state index in [-0.39, 0.29) is 5.91 Å². The second-order valence-corrected chi connectivity index (χ2v) is 8.51. The molecule has 0 bridgehead atoms. The van der Waals surface area contributed by atoms with E-state index in [0.29, 0.717) is 29.9 Å². The summed E-state index contributed by atoms with van der Waals surface area (Å²) in [5.74, 6) is 1.75. The first-order valence-electron chi connectivity index (χ1n) is 9.24. The first kappa shape index (κ1) is 17.7. The van der Waals surface area contributed by atoms with Gasteiger partial charge in [-0.3, -0.25) is 9.69 Å². The molecule has 1 saturated heterocycles. The fourth-order valence-corrected chi connectivity index (χ4v) is 4.21. The third kappa shape index (κ3) is 4.70. The highest BCUT2D eigenvalue weighted by atomic mass is 32.1. The maximum Gasteiger partial charge on any atom is 0.223 e. The van der Waals surface area contributed by atoms with E-state index in [1.54, 1.807) is 0 Å². The van der Waals surface area contributed by atoms with Gasteiger partial charge in [0.2, 0.25) is 5.91 Å². The standard InChI is InChI=1S/C18H30N4OS/c1-13(2)16-11-22(9-3-8-21(16)10-14-4-5-14)17(23)7-6-15-12-24-18(19)20-15/h12-14,16H,3-11H2,1-2H3,(H2,19,20)/t16-/m0/s1. The number of anilines is 1. The van der Waals surface area contributed by atoms with Gasteiger partial charge in [0.05, 0.1) is 5.69 Å². The lowest BCUT2D eigenvalue weighted by Crippen LogP contribution is -2.46. The van der Waals surface area contributed by atoms with E-state index >= 15 is 0 Å². The number of aromatic nitrogens is 1. The van der Waals surface area contributed by atoms with Crippen molar-refractivity contribution in [1.82, 2.24) is 14.8 Å². The molecule has 2 aliphatic rings. The number of nitrogens with zero attached hydrogens (tertiary/aromatic N) is 3. The van der Waals surface area contributed by atoms with Crippen LogP contribution >= 0.6 is 11.3 Å². The van der Waals surface area contributed by atoms with Crippen LogP contribution in [0.5, 0.6) is 0 Å². The number of hydrogen-bond donors (Lipinski definition) is 1. The fourth-order valence-electron chi connectivity index (χ4n) is 3.61. The molecule has 1 aromatic rings. The number of carbonyl (C=O) groups excluding carboxylic acids is 1. The van der Waals surface area contributed by atoms with Crippen molar-refractivity contribution in [3.63, 3.8) is 0 Å². The second-order valence-electron chi connectivity index (χ2n) is 7.62. The van der Waals surface area contributed by atoms with Gasteiger partial charge >= 0.3 is 0 Å². The second kappa shape index (κ2) is 7.83. The molecule has 134 valence electrons. The highest BCUT2D eigenvalue weighted by Crippen LogP contribution is 2.32. The molecule has 1 aromatic heterocycles. The SMILES string of the molecule is CC(C)[C@@H]1CN(C(=O)CCc2csc(N)n2)CCCN1CC1CC1. The van der Waals surface area contributed by atoms with Gasteiger partial charge in [0, 0.05) is 44.0 Å². The average Bonchev–Trinajstić information content (AvgIpc) is 3.30. The molecule has 2 N–H and O–H groups in total. The normalized spacial score (nSPS) is 22.8. The fraction of sp³-hybridized carbons (Fsp3) is 0.778. The number of nitrogen functional groups attached to an aromatic ring is 1. The summed E-state index contributed by atoms with van der Waals surface area (Å²) in [6.07, 6.45) is 5.10. The van der Waals surface area contributed by atoms with Gasteiger partial charge in [-0.05, 0) is 37.5 Å². The molecule has 1 saturated carbocycles. The lowest BCUT2D eigenvalue weighted by atomic mass is 10.0. The van der Waals surface area contributed by atoms with Crippen LogP contribution in [0, 0.1) is 11.8 Å². The molecule has 1 amide bonds. The van der Waals surface area contributed by atoms with E-state index in [9.17, 15) is 4.79 Å². The van der Waals surface area contributed by atoms with Gasteiger partial charge in [0.25, 0.3) is 0 Å². The van der Waals surface area contributed by atoms with Crippen molar-refractivity contribution < 1.29 is 4.79 Å². The summed E-state index contributed by atoms with van der Waals surface area (Å²) in [5.41, 5.74) is 6.61. The largest absolute Gasteiger partial charge is 0.375 e. The summed E-state index contributed by atoms with van der Waals surface area (Å²) in [6, 6.07) is 0.493. The molecule has 5 nitrogen and oxygen atoms in total. The summed E-state index contributed by atoms with van der Waals surface area (Å²) in [4.78, 5) is 21.7. The van der Waals surface area contributed by atoms with Crippen molar-refractivity contribution in [2.24, 2.45) is 11.8 Å². The van der Waals surface area contributed by atoms with Gasteiger partial charge in [-0.2, -0.15) is 0 Å². The summed E-state index contributed by atoms with van der Waals surface area (Å²) in [7, 11) is 0. The Morgan fingerprint density at radius 3 is 2.83 bits per heavy atom. The Balaban J connectivity index is 1.56. The Kier molecular flexibility index (Phi) is 5.76. The molecule has 1 aliphatic heterocycles. The lowest BCUT2D eigenvalue weighted by molar-refractivity contribution is -0.131. The summed E-state index contributed by atoms with van der Waals surface area (Å²) < 4.78 is 0. The lowest BCUT2D eigenvalue weighted by Gasteiger charge is -2.34. The number of amides is 1. The van der Waals surface area contributed by atoms with Crippen LogP contribution in [0.2, 0.25) is 0 Å². The minimum atomic E-state index is 0.264. The Hall–Kier alpha value is -1.14. The highest BCUT2D eigenvalue weighted by molar-refractivity contribution is 7.13. The Morgan fingerprint density at radius 1 is 1.42 bits per heavy atom. The van der Waals surface area contributed by atoms with Gasteiger partial charge in [0.1, 0.15) is 0 Å². The summed E-state index contributed by atoms with van der Waals surface area (Å²) >= 11 is 1.45. The van der Waals surface area contributed by atoms with Crippen molar-refractivity contribution in [2.45, 2.75) is 52.0 Å². The molecule has 2 fully saturated rings. The van der Waals surface area contributed by atoms with Gasteiger partial charge in [-0.15, -0.1) is 11.3 Å². The molecule has 1 atom stereocenters. The molecule has 24 heavy (non-hydrogen) atoms. The van der Waals surface area contributed by atoms with Crippen LogP contribution in [0.3, 0.4) is 0 Å².